The predicted octanol–water partition coefficient (Wildman–Crippen LogP) is 0.643. The summed E-state index contributed by atoms with van der Waals surface area (Å²) < 4.78 is 0. The van der Waals surface area contributed by atoms with Crippen LogP contribution in [0.25, 0.3) is 0 Å². The van der Waals surface area contributed by atoms with Crippen LogP contribution >= 0.6 is 23.6 Å². The number of aryl methyl sites for hydroxylation is 1. The number of hydrogen-bond acceptors (Lipinski definition) is 4. The Hall–Kier alpha value is -1.21. The van der Waals surface area contributed by atoms with E-state index in [4.69, 9.17) is 12.2 Å². The fraction of sp³-hybridized carbons (Fsp3) is 0.583. The summed E-state index contributed by atoms with van der Waals surface area (Å²) in [5.74, 6) is 0.157. The van der Waals surface area contributed by atoms with Crippen molar-refractivity contribution >= 4 is 34.6 Å². The molecule has 1 N–H and O–H groups in total. The van der Waals surface area contributed by atoms with E-state index in [2.05, 4.69) is 15.2 Å². The second-order valence-corrected chi connectivity index (χ2v) is 5.81. The summed E-state index contributed by atoms with van der Waals surface area (Å²) in [6.45, 7) is 4.99. The number of amides is 1. The van der Waals surface area contributed by atoms with Crippen LogP contribution in [0.4, 0.5) is 0 Å². The zero-order valence-corrected chi connectivity index (χ0v) is 12.8. The van der Waals surface area contributed by atoms with E-state index in [1.54, 1.807) is 11.3 Å². The van der Waals surface area contributed by atoms with Crippen molar-refractivity contribution in [2.45, 2.75) is 13.3 Å². The van der Waals surface area contributed by atoms with Gasteiger partial charge in [0.25, 0.3) is 0 Å². The number of piperazine rings is 1. The number of thiazole rings is 1. The molecule has 5 nitrogen and oxygen atoms in total. The van der Waals surface area contributed by atoms with Crippen molar-refractivity contribution in [2.24, 2.45) is 0 Å². The molecule has 104 valence electrons. The van der Waals surface area contributed by atoms with Gasteiger partial charge in [0.2, 0.25) is 5.91 Å². The Labute approximate surface area is 122 Å². The summed E-state index contributed by atoms with van der Waals surface area (Å²) in [5.41, 5.74) is 0.983. The van der Waals surface area contributed by atoms with Crippen molar-refractivity contribution in [2.75, 3.05) is 33.2 Å². The molecule has 0 aromatic carbocycles. The number of hydrogen-bond donors (Lipinski definition) is 1. The van der Waals surface area contributed by atoms with Crippen molar-refractivity contribution in [3.05, 3.63) is 16.1 Å². The van der Waals surface area contributed by atoms with Gasteiger partial charge in [0, 0.05) is 44.3 Å². The van der Waals surface area contributed by atoms with Crippen molar-refractivity contribution in [3.63, 3.8) is 0 Å². The van der Waals surface area contributed by atoms with Crippen molar-refractivity contribution in [1.29, 1.82) is 0 Å². The topological polar surface area (TPSA) is 48.5 Å². The van der Waals surface area contributed by atoms with E-state index in [1.807, 2.05) is 24.3 Å². The lowest BCUT2D eigenvalue weighted by Gasteiger charge is -2.35. The maximum absolute atomic E-state index is 12.1. The van der Waals surface area contributed by atoms with E-state index in [1.165, 1.54) is 0 Å². The standard InChI is InChI=1S/C12H18N4OS2/c1-9-8-19-10(14-9)7-11(17)15-3-5-16(6-4-15)12(18)13-2/h8H,3-7H2,1-2H3,(H,13,18). The van der Waals surface area contributed by atoms with E-state index < -0.39 is 0 Å². The lowest BCUT2D eigenvalue weighted by Crippen LogP contribution is -2.52. The third-order valence-electron chi connectivity index (χ3n) is 3.10. The van der Waals surface area contributed by atoms with Crippen LogP contribution in [0.1, 0.15) is 10.7 Å². The van der Waals surface area contributed by atoms with Gasteiger partial charge >= 0.3 is 0 Å². The molecular formula is C12H18N4OS2. The highest BCUT2D eigenvalue weighted by atomic mass is 32.1. The van der Waals surface area contributed by atoms with Crippen molar-refractivity contribution in [3.8, 4) is 0 Å². The molecule has 2 rings (SSSR count). The Kier molecular flexibility index (Phi) is 4.71. The predicted molar refractivity (Wildman–Crippen MR) is 80.4 cm³/mol. The minimum absolute atomic E-state index is 0.157. The summed E-state index contributed by atoms with van der Waals surface area (Å²) in [4.78, 5) is 20.5. The average molecular weight is 298 g/mol. The number of thiocarbonyl (C=S) groups is 1. The Morgan fingerprint density at radius 1 is 1.42 bits per heavy atom. The monoisotopic (exact) mass is 298 g/mol. The summed E-state index contributed by atoms with van der Waals surface area (Å²) in [6.07, 6.45) is 0.412. The smallest absolute Gasteiger partial charge is 0.229 e. The van der Waals surface area contributed by atoms with E-state index >= 15 is 0 Å². The summed E-state index contributed by atoms with van der Waals surface area (Å²) in [7, 11) is 1.82. The van der Waals surface area contributed by atoms with Crippen LogP contribution in [0.5, 0.6) is 0 Å². The van der Waals surface area contributed by atoms with Crippen LogP contribution in [-0.4, -0.2) is 59.0 Å². The summed E-state index contributed by atoms with van der Waals surface area (Å²) >= 11 is 6.74. The zero-order chi connectivity index (χ0) is 13.8. The van der Waals surface area contributed by atoms with E-state index in [0.717, 1.165) is 42.0 Å². The zero-order valence-electron chi connectivity index (χ0n) is 11.2. The number of carbonyl (C=O) groups is 1. The first-order chi connectivity index (χ1) is 9.10. The largest absolute Gasteiger partial charge is 0.366 e. The second-order valence-electron chi connectivity index (χ2n) is 4.48. The van der Waals surface area contributed by atoms with Gasteiger partial charge in [-0.25, -0.2) is 4.98 Å². The number of nitrogens with zero attached hydrogens (tertiary/aromatic N) is 3. The molecule has 19 heavy (non-hydrogen) atoms. The molecule has 0 unspecified atom stereocenters. The van der Waals surface area contributed by atoms with Crippen LogP contribution in [-0.2, 0) is 11.2 Å². The SMILES string of the molecule is CNC(=S)N1CCN(C(=O)Cc2nc(C)cs2)CC1. The normalized spacial score (nSPS) is 15.5. The third kappa shape index (κ3) is 3.63. The highest BCUT2D eigenvalue weighted by Crippen LogP contribution is 2.12. The van der Waals surface area contributed by atoms with E-state index in [-0.39, 0.29) is 5.91 Å². The first kappa shape index (κ1) is 14.2. The molecule has 0 saturated carbocycles. The Morgan fingerprint density at radius 3 is 2.58 bits per heavy atom. The summed E-state index contributed by atoms with van der Waals surface area (Å²) in [6, 6.07) is 0. The molecule has 1 aromatic rings. The molecule has 0 spiro atoms. The lowest BCUT2D eigenvalue weighted by molar-refractivity contribution is -0.131. The van der Waals surface area contributed by atoms with Gasteiger partial charge in [-0.15, -0.1) is 11.3 Å². The van der Waals surface area contributed by atoms with Crippen LogP contribution in [0.2, 0.25) is 0 Å². The minimum atomic E-state index is 0.157. The average Bonchev–Trinajstić information content (AvgIpc) is 2.83. The van der Waals surface area contributed by atoms with E-state index in [0.29, 0.717) is 6.42 Å². The Balaban J connectivity index is 1.84. The fourth-order valence-electron chi connectivity index (χ4n) is 2.04. The number of nitrogens with one attached hydrogen (secondary N) is 1. The molecule has 2 heterocycles. The summed E-state index contributed by atoms with van der Waals surface area (Å²) in [5, 5.41) is 6.60. The maximum atomic E-state index is 12.1. The number of rotatable bonds is 2. The third-order valence-corrected chi connectivity index (χ3v) is 4.53. The van der Waals surface area contributed by atoms with Gasteiger partial charge in [0.15, 0.2) is 5.11 Å². The van der Waals surface area contributed by atoms with Crippen molar-refractivity contribution in [1.82, 2.24) is 20.1 Å². The fourth-order valence-corrected chi connectivity index (χ4v) is 2.99. The Bertz CT molecular complexity index is 466. The highest BCUT2D eigenvalue weighted by Gasteiger charge is 2.22. The van der Waals surface area contributed by atoms with Crippen LogP contribution in [0.3, 0.4) is 0 Å². The van der Waals surface area contributed by atoms with Gasteiger partial charge < -0.3 is 15.1 Å². The first-order valence-corrected chi connectivity index (χ1v) is 7.54. The Morgan fingerprint density at radius 2 is 2.05 bits per heavy atom. The van der Waals surface area contributed by atoms with Gasteiger partial charge in [-0.2, -0.15) is 0 Å². The molecule has 1 amide bonds. The molecule has 0 radical (unpaired) electrons. The molecule has 1 saturated heterocycles. The maximum Gasteiger partial charge on any atom is 0.229 e. The lowest BCUT2D eigenvalue weighted by atomic mass is 10.3. The minimum Gasteiger partial charge on any atom is -0.366 e. The molecule has 1 aromatic heterocycles. The van der Waals surface area contributed by atoms with Gasteiger partial charge in [-0.1, -0.05) is 0 Å². The molecule has 1 aliphatic rings. The highest BCUT2D eigenvalue weighted by molar-refractivity contribution is 7.80. The van der Waals surface area contributed by atoms with Crippen LogP contribution in [0, 0.1) is 6.92 Å². The first-order valence-electron chi connectivity index (χ1n) is 6.25. The molecule has 1 aliphatic heterocycles. The molecule has 0 aliphatic carbocycles. The van der Waals surface area contributed by atoms with Gasteiger partial charge in [-0.05, 0) is 19.1 Å². The van der Waals surface area contributed by atoms with Gasteiger partial charge in [0.05, 0.1) is 6.42 Å². The van der Waals surface area contributed by atoms with Crippen LogP contribution < -0.4 is 5.32 Å². The van der Waals surface area contributed by atoms with Gasteiger partial charge in [-0.3, -0.25) is 4.79 Å². The van der Waals surface area contributed by atoms with E-state index in [9.17, 15) is 4.79 Å². The number of carbonyl (C=O) groups excluding carboxylic acids is 1. The molecular weight excluding hydrogens is 280 g/mol. The molecule has 0 atom stereocenters. The van der Waals surface area contributed by atoms with Crippen LogP contribution in [0.15, 0.2) is 5.38 Å². The molecule has 1 fully saturated rings. The second kappa shape index (κ2) is 6.29. The molecule has 0 bridgehead atoms. The quantitative estimate of drug-likeness (QED) is 0.812. The molecule has 7 heteroatoms. The number of aromatic nitrogens is 1. The van der Waals surface area contributed by atoms with Gasteiger partial charge in [0.1, 0.15) is 5.01 Å². The van der Waals surface area contributed by atoms with Crippen molar-refractivity contribution < 1.29 is 4.79 Å².